The van der Waals surface area contributed by atoms with E-state index in [1.165, 1.54) is 0 Å². The number of carbonyl (C=O) groups is 1. The van der Waals surface area contributed by atoms with Gasteiger partial charge in [-0.15, -0.1) is 0 Å². The maximum absolute atomic E-state index is 12.9. The molecule has 1 amide bonds. The number of hydrogen-bond acceptors (Lipinski definition) is 3. The van der Waals surface area contributed by atoms with Gasteiger partial charge in [-0.2, -0.15) is 4.72 Å². The highest BCUT2D eigenvalue weighted by atomic mass is 35.5. The molecule has 0 heterocycles. The lowest BCUT2D eigenvalue weighted by molar-refractivity contribution is -0.120. The molecule has 0 radical (unpaired) electrons. The third-order valence-corrected chi connectivity index (χ3v) is 4.91. The normalized spacial score (nSPS) is 14.8. The van der Waals surface area contributed by atoms with Crippen LogP contribution in [0.25, 0.3) is 0 Å². The third-order valence-electron chi connectivity index (χ3n) is 2.99. The van der Waals surface area contributed by atoms with Crippen molar-refractivity contribution in [2.75, 3.05) is 0 Å². The Bertz CT molecular complexity index is 607. The summed E-state index contributed by atoms with van der Waals surface area (Å²) in [4.78, 5) is 11.1. The first kappa shape index (κ1) is 16.9. The molecule has 0 saturated carbocycles. The number of carbonyl (C=O) groups excluding carboxylic acids is 1. The number of rotatable bonds is 6. The number of primary amides is 1. The Morgan fingerprint density at radius 2 is 2.10 bits per heavy atom. The van der Waals surface area contributed by atoms with Crippen LogP contribution in [0.1, 0.15) is 20.3 Å². The van der Waals surface area contributed by atoms with Gasteiger partial charge in [-0.1, -0.05) is 31.9 Å². The molecule has 20 heavy (non-hydrogen) atoms. The molecule has 0 aromatic heterocycles. The van der Waals surface area contributed by atoms with Crippen molar-refractivity contribution in [1.29, 1.82) is 0 Å². The quantitative estimate of drug-likeness (QED) is 0.834. The molecular formula is C12H16ClFN2O3S. The maximum Gasteiger partial charge on any atom is 0.242 e. The van der Waals surface area contributed by atoms with E-state index in [0.717, 1.165) is 18.2 Å². The molecule has 0 bridgehead atoms. The van der Waals surface area contributed by atoms with Gasteiger partial charge in [0.05, 0.1) is 5.02 Å². The Kier molecular flexibility index (Phi) is 5.50. The van der Waals surface area contributed by atoms with Gasteiger partial charge in [0.1, 0.15) is 16.8 Å². The van der Waals surface area contributed by atoms with Crippen LogP contribution >= 0.6 is 11.6 Å². The van der Waals surface area contributed by atoms with E-state index in [9.17, 15) is 17.6 Å². The molecule has 0 saturated heterocycles. The summed E-state index contributed by atoms with van der Waals surface area (Å²) in [5.41, 5.74) is 5.20. The van der Waals surface area contributed by atoms with E-state index in [0.29, 0.717) is 6.42 Å². The Morgan fingerprint density at radius 1 is 1.50 bits per heavy atom. The second-order valence-corrected chi connectivity index (χ2v) is 6.55. The molecule has 2 unspecified atom stereocenters. The van der Waals surface area contributed by atoms with Gasteiger partial charge in [0.25, 0.3) is 0 Å². The fourth-order valence-corrected chi connectivity index (χ4v) is 3.46. The first-order valence-electron chi connectivity index (χ1n) is 5.95. The summed E-state index contributed by atoms with van der Waals surface area (Å²) in [5.74, 6) is -1.70. The Balaban J connectivity index is 3.13. The summed E-state index contributed by atoms with van der Waals surface area (Å²) in [6, 6.07) is 1.85. The van der Waals surface area contributed by atoms with Crippen molar-refractivity contribution < 1.29 is 17.6 Å². The fourth-order valence-electron chi connectivity index (χ4n) is 1.61. The maximum atomic E-state index is 12.9. The van der Waals surface area contributed by atoms with Crippen molar-refractivity contribution >= 4 is 27.5 Å². The average molecular weight is 323 g/mol. The number of sulfonamides is 1. The monoisotopic (exact) mass is 322 g/mol. The van der Waals surface area contributed by atoms with E-state index in [2.05, 4.69) is 4.72 Å². The molecule has 0 aliphatic heterocycles. The number of nitrogens with two attached hydrogens (primary N) is 1. The van der Waals surface area contributed by atoms with Gasteiger partial charge in [-0.25, -0.2) is 12.8 Å². The molecule has 8 heteroatoms. The molecule has 1 rings (SSSR count). The van der Waals surface area contributed by atoms with Crippen LogP contribution in [0.15, 0.2) is 23.1 Å². The molecule has 5 nitrogen and oxygen atoms in total. The van der Waals surface area contributed by atoms with E-state index in [-0.39, 0.29) is 15.8 Å². The largest absolute Gasteiger partial charge is 0.368 e. The Hall–Kier alpha value is -1.18. The molecule has 112 valence electrons. The number of nitrogens with one attached hydrogen (secondary N) is 1. The van der Waals surface area contributed by atoms with Crippen LogP contribution in [-0.2, 0) is 14.8 Å². The van der Waals surface area contributed by atoms with Crippen LogP contribution in [-0.4, -0.2) is 20.4 Å². The van der Waals surface area contributed by atoms with E-state index < -0.39 is 27.8 Å². The Morgan fingerprint density at radius 3 is 2.55 bits per heavy atom. The highest BCUT2D eigenvalue weighted by molar-refractivity contribution is 7.89. The third kappa shape index (κ3) is 3.91. The zero-order valence-electron chi connectivity index (χ0n) is 11.1. The number of halogens is 2. The lowest BCUT2D eigenvalue weighted by Crippen LogP contribution is -2.48. The van der Waals surface area contributed by atoms with Crippen molar-refractivity contribution in [2.45, 2.75) is 31.2 Å². The zero-order chi connectivity index (χ0) is 15.5. The molecule has 0 spiro atoms. The van der Waals surface area contributed by atoms with Gasteiger partial charge in [0.2, 0.25) is 15.9 Å². The first-order valence-corrected chi connectivity index (χ1v) is 7.81. The molecule has 1 aromatic carbocycles. The number of hydrogen-bond donors (Lipinski definition) is 2. The van der Waals surface area contributed by atoms with Crippen molar-refractivity contribution in [1.82, 2.24) is 4.72 Å². The molecule has 0 aliphatic rings. The van der Waals surface area contributed by atoms with Crippen LogP contribution in [0, 0.1) is 11.7 Å². The van der Waals surface area contributed by atoms with Crippen LogP contribution in [0.4, 0.5) is 4.39 Å². The number of amides is 1. The minimum Gasteiger partial charge on any atom is -0.368 e. The molecule has 1 aromatic rings. The predicted octanol–water partition coefficient (Wildman–Crippen LogP) is 1.66. The second-order valence-electron chi connectivity index (χ2n) is 4.46. The van der Waals surface area contributed by atoms with Crippen molar-refractivity contribution in [3.63, 3.8) is 0 Å². The lowest BCUT2D eigenvalue weighted by Gasteiger charge is -2.21. The SMILES string of the molecule is CCC(C)C(NS(=O)(=O)c1ccc(F)cc1Cl)C(N)=O. The average Bonchev–Trinajstić information content (AvgIpc) is 2.34. The van der Waals surface area contributed by atoms with Crippen molar-refractivity contribution in [3.05, 3.63) is 29.0 Å². The minimum atomic E-state index is -4.06. The van der Waals surface area contributed by atoms with Crippen LogP contribution in [0.5, 0.6) is 0 Å². The standard InChI is InChI=1S/C12H16ClFN2O3S/c1-3-7(2)11(12(15)17)16-20(18,19)10-5-4-8(14)6-9(10)13/h4-7,11,16H,3H2,1-2H3,(H2,15,17). The zero-order valence-corrected chi connectivity index (χ0v) is 12.6. The Labute approximate surface area is 122 Å². The molecule has 3 N–H and O–H groups in total. The van der Waals surface area contributed by atoms with Gasteiger partial charge in [0.15, 0.2) is 0 Å². The van der Waals surface area contributed by atoms with Crippen LogP contribution in [0.3, 0.4) is 0 Å². The second kappa shape index (κ2) is 6.51. The summed E-state index contributed by atoms with van der Waals surface area (Å²) in [6.45, 7) is 3.50. The molecule has 0 fully saturated rings. The summed E-state index contributed by atoms with van der Waals surface area (Å²) < 4.78 is 39.5. The van der Waals surface area contributed by atoms with Gasteiger partial charge in [-0.3, -0.25) is 4.79 Å². The highest BCUT2D eigenvalue weighted by Crippen LogP contribution is 2.23. The minimum absolute atomic E-state index is 0.259. The predicted molar refractivity (Wildman–Crippen MR) is 74.2 cm³/mol. The van der Waals surface area contributed by atoms with Crippen molar-refractivity contribution in [3.8, 4) is 0 Å². The number of benzene rings is 1. The topological polar surface area (TPSA) is 89.3 Å². The summed E-state index contributed by atoms with van der Waals surface area (Å²) >= 11 is 5.72. The van der Waals surface area contributed by atoms with Gasteiger partial charge >= 0.3 is 0 Å². The van der Waals surface area contributed by atoms with Crippen LogP contribution in [0.2, 0.25) is 5.02 Å². The lowest BCUT2D eigenvalue weighted by atomic mass is 10.00. The highest BCUT2D eigenvalue weighted by Gasteiger charge is 2.29. The van der Waals surface area contributed by atoms with E-state index >= 15 is 0 Å². The molecule has 2 atom stereocenters. The van der Waals surface area contributed by atoms with E-state index in [1.807, 2.05) is 0 Å². The summed E-state index contributed by atoms with van der Waals surface area (Å²) in [5, 5.41) is -0.259. The van der Waals surface area contributed by atoms with Gasteiger partial charge < -0.3 is 5.73 Å². The van der Waals surface area contributed by atoms with Crippen molar-refractivity contribution in [2.24, 2.45) is 11.7 Å². The summed E-state index contributed by atoms with van der Waals surface area (Å²) in [7, 11) is -4.06. The van der Waals surface area contributed by atoms with E-state index in [4.69, 9.17) is 17.3 Å². The van der Waals surface area contributed by atoms with Gasteiger partial charge in [-0.05, 0) is 24.1 Å². The fraction of sp³-hybridized carbons (Fsp3) is 0.417. The van der Waals surface area contributed by atoms with Gasteiger partial charge in [0, 0.05) is 0 Å². The molecule has 0 aliphatic carbocycles. The first-order chi connectivity index (χ1) is 9.19. The van der Waals surface area contributed by atoms with E-state index in [1.54, 1.807) is 13.8 Å². The smallest absolute Gasteiger partial charge is 0.242 e. The van der Waals surface area contributed by atoms with Crippen LogP contribution < -0.4 is 10.5 Å². The summed E-state index contributed by atoms with van der Waals surface area (Å²) in [6.07, 6.45) is 0.563. The molecular weight excluding hydrogens is 307 g/mol.